The van der Waals surface area contributed by atoms with E-state index in [-0.39, 0.29) is 12.1 Å². The van der Waals surface area contributed by atoms with E-state index in [4.69, 9.17) is 4.74 Å². The van der Waals surface area contributed by atoms with Crippen molar-refractivity contribution in [2.24, 2.45) is 0 Å². The molecule has 1 rings (SSSR count). The van der Waals surface area contributed by atoms with Gasteiger partial charge in [0, 0.05) is 19.1 Å². The zero-order valence-corrected chi connectivity index (χ0v) is 13.0. The minimum absolute atomic E-state index is 0.214. The highest BCUT2D eigenvalue weighted by Gasteiger charge is 2.17. The largest absolute Gasteiger partial charge is 0.444 e. The summed E-state index contributed by atoms with van der Waals surface area (Å²) in [6, 6.07) is 0.214. The maximum atomic E-state index is 11.6. The molecule has 0 saturated heterocycles. The molecule has 0 radical (unpaired) electrons. The molecule has 0 saturated carbocycles. The van der Waals surface area contributed by atoms with E-state index in [1.54, 1.807) is 11.0 Å². The summed E-state index contributed by atoms with van der Waals surface area (Å²) in [6.45, 7) is 9.75. The maximum absolute atomic E-state index is 11.6. The van der Waals surface area contributed by atoms with E-state index >= 15 is 0 Å². The summed E-state index contributed by atoms with van der Waals surface area (Å²) in [5.41, 5.74) is -0.466. The summed E-state index contributed by atoms with van der Waals surface area (Å²) in [7, 11) is 2.01. The molecule has 1 aromatic heterocycles. The fourth-order valence-corrected chi connectivity index (χ4v) is 1.53. The van der Waals surface area contributed by atoms with E-state index in [9.17, 15) is 4.79 Å². The van der Waals surface area contributed by atoms with Gasteiger partial charge in [0.1, 0.15) is 18.3 Å². The van der Waals surface area contributed by atoms with Crippen LogP contribution in [0.15, 0.2) is 12.7 Å². The van der Waals surface area contributed by atoms with Crippen LogP contribution in [0.2, 0.25) is 0 Å². The zero-order valence-electron chi connectivity index (χ0n) is 13.0. The molecular weight excluding hydrogens is 258 g/mol. The number of carbonyl (C=O) groups is 1. The van der Waals surface area contributed by atoms with Crippen LogP contribution in [0, 0.1) is 0 Å². The number of aromatic nitrogens is 3. The smallest absolute Gasteiger partial charge is 0.407 e. The number of rotatable bonds is 6. The number of carbonyl (C=O) groups excluding carboxylic acids is 1. The first-order chi connectivity index (χ1) is 9.28. The molecule has 0 bridgehead atoms. The molecule has 0 spiro atoms. The molecule has 1 amide bonds. The van der Waals surface area contributed by atoms with Gasteiger partial charge in [0.05, 0.1) is 6.54 Å². The Morgan fingerprint density at radius 1 is 1.50 bits per heavy atom. The molecular formula is C13H25N5O2. The van der Waals surface area contributed by atoms with Crippen LogP contribution in [0.1, 0.15) is 27.7 Å². The van der Waals surface area contributed by atoms with Crippen molar-refractivity contribution >= 4 is 6.09 Å². The minimum Gasteiger partial charge on any atom is -0.444 e. The van der Waals surface area contributed by atoms with Gasteiger partial charge >= 0.3 is 6.09 Å². The highest BCUT2D eigenvalue weighted by molar-refractivity contribution is 5.67. The molecule has 0 fully saturated rings. The van der Waals surface area contributed by atoms with Gasteiger partial charge in [0.15, 0.2) is 0 Å². The molecule has 7 nitrogen and oxygen atoms in total. The van der Waals surface area contributed by atoms with E-state index in [2.05, 4.69) is 27.2 Å². The molecule has 1 N–H and O–H groups in total. The number of amides is 1. The van der Waals surface area contributed by atoms with E-state index in [0.717, 1.165) is 13.1 Å². The Kier molecular flexibility index (Phi) is 5.94. The van der Waals surface area contributed by atoms with Gasteiger partial charge in [-0.1, -0.05) is 0 Å². The lowest BCUT2D eigenvalue weighted by molar-refractivity contribution is 0.0513. The normalized spacial score (nSPS) is 13.3. The van der Waals surface area contributed by atoms with Gasteiger partial charge in [-0.2, -0.15) is 5.10 Å². The number of alkyl carbamates (subject to hydrolysis) is 1. The topological polar surface area (TPSA) is 72.3 Å². The summed E-state index contributed by atoms with van der Waals surface area (Å²) in [6.07, 6.45) is 2.83. The fourth-order valence-electron chi connectivity index (χ4n) is 1.53. The van der Waals surface area contributed by atoms with Gasteiger partial charge in [-0.05, 0) is 34.7 Å². The third-order valence-electron chi connectivity index (χ3n) is 2.84. The lowest BCUT2D eigenvalue weighted by Gasteiger charge is -2.26. The highest BCUT2D eigenvalue weighted by Crippen LogP contribution is 2.06. The van der Waals surface area contributed by atoms with Crippen molar-refractivity contribution in [3.63, 3.8) is 0 Å². The lowest BCUT2D eigenvalue weighted by atomic mass is 10.2. The van der Waals surface area contributed by atoms with E-state index in [0.29, 0.717) is 6.54 Å². The van der Waals surface area contributed by atoms with E-state index < -0.39 is 5.60 Å². The van der Waals surface area contributed by atoms with Crippen LogP contribution in [-0.2, 0) is 11.3 Å². The number of likely N-dealkylation sites (N-methyl/N-ethyl adjacent to an activating group) is 1. The quantitative estimate of drug-likeness (QED) is 0.847. The fraction of sp³-hybridized carbons (Fsp3) is 0.769. The average Bonchev–Trinajstić information content (AvgIpc) is 2.83. The summed E-state index contributed by atoms with van der Waals surface area (Å²) >= 11 is 0. The number of ether oxygens (including phenoxy) is 1. The Morgan fingerprint density at radius 3 is 2.75 bits per heavy atom. The van der Waals surface area contributed by atoms with Crippen LogP contribution in [0.4, 0.5) is 4.79 Å². The van der Waals surface area contributed by atoms with Gasteiger partial charge in [0.2, 0.25) is 0 Å². The van der Waals surface area contributed by atoms with Crippen molar-refractivity contribution in [3.05, 3.63) is 12.7 Å². The van der Waals surface area contributed by atoms with Gasteiger partial charge in [-0.15, -0.1) is 0 Å². The predicted molar refractivity (Wildman–Crippen MR) is 76.4 cm³/mol. The third-order valence-corrected chi connectivity index (χ3v) is 2.84. The van der Waals surface area contributed by atoms with E-state index in [1.807, 2.05) is 27.8 Å². The Bertz CT molecular complexity index is 399. The summed E-state index contributed by atoms with van der Waals surface area (Å²) < 4.78 is 6.98. The van der Waals surface area contributed by atoms with Crippen molar-refractivity contribution in [2.45, 2.75) is 45.9 Å². The van der Waals surface area contributed by atoms with Crippen molar-refractivity contribution in [2.75, 3.05) is 20.1 Å². The molecule has 1 heterocycles. The van der Waals surface area contributed by atoms with Crippen molar-refractivity contribution in [1.29, 1.82) is 0 Å². The van der Waals surface area contributed by atoms with Crippen LogP contribution >= 0.6 is 0 Å². The molecule has 1 aromatic rings. The van der Waals surface area contributed by atoms with Crippen molar-refractivity contribution < 1.29 is 9.53 Å². The zero-order chi connectivity index (χ0) is 15.2. The summed E-state index contributed by atoms with van der Waals surface area (Å²) in [4.78, 5) is 17.6. The Hall–Kier alpha value is -1.63. The van der Waals surface area contributed by atoms with Crippen LogP contribution in [-0.4, -0.2) is 57.5 Å². The molecule has 20 heavy (non-hydrogen) atoms. The van der Waals surface area contributed by atoms with Gasteiger partial charge < -0.3 is 15.0 Å². The molecule has 0 aromatic carbocycles. The minimum atomic E-state index is -0.466. The van der Waals surface area contributed by atoms with Crippen LogP contribution < -0.4 is 5.32 Å². The Morgan fingerprint density at radius 2 is 2.20 bits per heavy atom. The molecule has 1 unspecified atom stereocenters. The molecule has 0 aliphatic heterocycles. The first-order valence-corrected chi connectivity index (χ1v) is 6.77. The molecule has 0 aliphatic carbocycles. The first kappa shape index (κ1) is 16.4. The predicted octanol–water partition coefficient (Wildman–Crippen LogP) is 1.12. The molecule has 114 valence electrons. The summed E-state index contributed by atoms with van der Waals surface area (Å²) in [5.74, 6) is 0. The van der Waals surface area contributed by atoms with Crippen molar-refractivity contribution in [1.82, 2.24) is 25.0 Å². The van der Waals surface area contributed by atoms with Crippen molar-refractivity contribution in [3.8, 4) is 0 Å². The second kappa shape index (κ2) is 7.23. The maximum Gasteiger partial charge on any atom is 0.407 e. The monoisotopic (exact) mass is 283 g/mol. The standard InChI is InChI=1S/C13H25N5O2/c1-11(8-15-12(19)20-13(2,3)4)17(5)6-7-18-10-14-9-16-18/h9-11H,6-8H2,1-5H3,(H,15,19). The number of hydrogen-bond donors (Lipinski definition) is 1. The molecule has 1 atom stereocenters. The summed E-state index contributed by atoms with van der Waals surface area (Å²) in [5, 5.41) is 6.83. The van der Waals surface area contributed by atoms with E-state index in [1.165, 1.54) is 6.33 Å². The lowest BCUT2D eigenvalue weighted by Crippen LogP contribution is -2.42. The van der Waals surface area contributed by atoms with Crippen LogP contribution in [0.25, 0.3) is 0 Å². The van der Waals surface area contributed by atoms with Gasteiger partial charge in [-0.25, -0.2) is 9.78 Å². The molecule has 0 aliphatic rings. The second-order valence-electron chi connectivity index (χ2n) is 5.87. The van der Waals surface area contributed by atoms with Crippen LogP contribution in [0.5, 0.6) is 0 Å². The number of hydrogen-bond acceptors (Lipinski definition) is 5. The second-order valence-corrected chi connectivity index (χ2v) is 5.87. The van der Waals surface area contributed by atoms with Gasteiger partial charge in [0.25, 0.3) is 0 Å². The van der Waals surface area contributed by atoms with Crippen LogP contribution in [0.3, 0.4) is 0 Å². The number of nitrogens with zero attached hydrogens (tertiary/aromatic N) is 4. The molecule has 7 heteroatoms. The number of nitrogens with one attached hydrogen (secondary N) is 1. The Balaban J connectivity index is 2.24. The first-order valence-electron chi connectivity index (χ1n) is 6.77. The third kappa shape index (κ3) is 6.51. The SMILES string of the molecule is CC(CNC(=O)OC(C)(C)C)N(C)CCn1cncn1. The van der Waals surface area contributed by atoms with Gasteiger partial charge in [-0.3, -0.25) is 4.68 Å². The Labute approximate surface area is 120 Å². The highest BCUT2D eigenvalue weighted by atomic mass is 16.6. The average molecular weight is 283 g/mol.